The van der Waals surface area contributed by atoms with Crippen molar-refractivity contribution in [3.8, 4) is 11.5 Å². The number of nitro benzene ring substituents is 1. The zero-order valence-corrected chi connectivity index (χ0v) is 11.9. The summed E-state index contributed by atoms with van der Waals surface area (Å²) in [6, 6.07) is 3.23. The number of aliphatic carboxylic acids is 1. The molecule has 0 aromatic heterocycles. The maximum absolute atomic E-state index is 11.0. The Labute approximate surface area is 121 Å². The van der Waals surface area contributed by atoms with Crippen LogP contribution in [0.15, 0.2) is 18.2 Å². The molecule has 8 nitrogen and oxygen atoms in total. The van der Waals surface area contributed by atoms with E-state index in [4.69, 9.17) is 14.6 Å². The van der Waals surface area contributed by atoms with E-state index in [0.717, 1.165) is 6.42 Å². The van der Waals surface area contributed by atoms with E-state index in [-0.39, 0.29) is 23.8 Å². The molecule has 0 aliphatic heterocycles. The molecule has 8 heteroatoms. The fourth-order valence-corrected chi connectivity index (χ4v) is 1.62. The van der Waals surface area contributed by atoms with Crippen LogP contribution in [0.5, 0.6) is 11.5 Å². The van der Waals surface area contributed by atoms with Crippen molar-refractivity contribution in [2.24, 2.45) is 0 Å². The van der Waals surface area contributed by atoms with Crippen LogP contribution in [-0.2, 0) is 4.79 Å². The summed E-state index contributed by atoms with van der Waals surface area (Å²) in [6.07, 6.45) is 0.789. The lowest BCUT2D eigenvalue weighted by atomic mass is 10.2. The summed E-state index contributed by atoms with van der Waals surface area (Å²) < 4.78 is 10.2. The molecule has 21 heavy (non-hydrogen) atoms. The molecule has 0 amide bonds. The molecule has 1 rings (SSSR count). The molecule has 0 saturated heterocycles. The smallest absolute Gasteiger partial charge is 0.324 e. The molecule has 0 bridgehead atoms. The van der Waals surface area contributed by atoms with Gasteiger partial charge in [-0.1, -0.05) is 6.92 Å². The lowest BCUT2D eigenvalue weighted by molar-refractivity contribution is -0.385. The second-order valence-corrected chi connectivity index (χ2v) is 4.25. The lowest BCUT2D eigenvalue weighted by Gasteiger charge is -2.15. The fourth-order valence-electron chi connectivity index (χ4n) is 1.62. The lowest BCUT2D eigenvalue weighted by Crippen LogP contribution is -2.41. The highest BCUT2D eigenvalue weighted by Crippen LogP contribution is 2.30. The molecular formula is C13H18N2O6. The van der Waals surface area contributed by atoms with Crippen molar-refractivity contribution in [2.45, 2.75) is 19.4 Å². The first-order valence-corrected chi connectivity index (χ1v) is 6.41. The molecule has 0 spiro atoms. The number of methoxy groups -OCH3 is 1. The normalized spacial score (nSPS) is 11.7. The second-order valence-electron chi connectivity index (χ2n) is 4.25. The third kappa shape index (κ3) is 4.92. The average molecular weight is 298 g/mol. The van der Waals surface area contributed by atoms with Gasteiger partial charge in [0, 0.05) is 0 Å². The third-order valence-electron chi connectivity index (χ3n) is 2.70. The van der Waals surface area contributed by atoms with Crippen LogP contribution < -0.4 is 14.8 Å². The molecule has 1 atom stereocenters. The minimum absolute atomic E-state index is 0.117. The van der Waals surface area contributed by atoms with Gasteiger partial charge in [0.15, 0.2) is 5.75 Å². The van der Waals surface area contributed by atoms with Gasteiger partial charge in [0.25, 0.3) is 0 Å². The Morgan fingerprint density at radius 1 is 1.52 bits per heavy atom. The number of carboxylic acids is 1. The van der Waals surface area contributed by atoms with Crippen LogP contribution in [0.25, 0.3) is 0 Å². The molecule has 0 heterocycles. The minimum Gasteiger partial charge on any atom is -0.491 e. The van der Waals surface area contributed by atoms with Gasteiger partial charge in [0.1, 0.15) is 18.4 Å². The van der Waals surface area contributed by atoms with E-state index >= 15 is 0 Å². The van der Waals surface area contributed by atoms with E-state index in [0.29, 0.717) is 6.54 Å². The Balaban J connectivity index is 2.76. The third-order valence-corrected chi connectivity index (χ3v) is 2.70. The Bertz CT molecular complexity index is 505. The monoisotopic (exact) mass is 298 g/mol. The molecule has 0 aliphatic rings. The van der Waals surface area contributed by atoms with Gasteiger partial charge in [-0.2, -0.15) is 0 Å². The Morgan fingerprint density at radius 3 is 2.76 bits per heavy atom. The molecule has 0 radical (unpaired) electrons. The average Bonchev–Trinajstić information content (AvgIpc) is 2.46. The number of carboxylic acid groups (broad SMARTS) is 1. The van der Waals surface area contributed by atoms with Crippen LogP contribution in [0.3, 0.4) is 0 Å². The van der Waals surface area contributed by atoms with Crippen molar-refractivity contribution in [3.05, 3.63) is 28.3 Å². The number of hydrogen-bond acceptors (Lipinski definition) is 6. The predicted molar refractivity (Wildman–Crippen MR) is 74.9 cm³/mol. The summed E-state index contributed by atoms with van der Waals surface area (Å²) in [5, 5.41) is 22.7. The Morgan fingerprint density at radius 2 is 2.24 bits per heavy atom. The van der Waals surface area contributed by atoms with Gasteiger partial charge in [-0.3, -0.25) is 14.9 Å². The van der Waals surface area contributed by atoms with Crippen molar-refractivity contribution >= 4 is 11.7 Å². The Hall–Kier alpha value is -2.35. The topological polar surface area (TPSA) is 111 Å². The highest BCUT2D eigenvalue weighted by Gasteiger charge is 2.19. The quantitative estimate of drug-likeness (QED) is 0.524. The van der Waals surface area contributed by atoms with Gasteiger partial charge >= 0.3 is 11.7 Å². The van der Waals surface area contributed by atoms with Crippen LogP contribution in [0.2, 0.25) is 0 Å². The van der Waals surface area contributed by atoms with Gasteiger partial charge in [-0.25, -0.2) is 0 Å². The van der Waals surface area contributed by atoms with Crippen LogP contribution in [-0.4, -0.2) is 42.3 Å². The minimum atomic E-state index is -1.04. The van der Waals surface area contributed by atoms with Crippen LogP contribution in [0, 0.1) is 10.1 Å². The summed E-state index contributed by atoms with van der Waals surface area (Å²) in [6.45, 7) is 2.33. The number of hydrogen-bond donors (Lipinski definition) is 2. The summed E-state index contributed by atoms with van der Waals surface area (Å²) in [4.78, 5) is 21.3. The number of ether oxygens (including phenoxy) is 2. The van der Waals surface area contributed by atoms with E-state index in [2.05, 4.69) is 5.32 Å². The van der Waals surface area contributed by atoms with Gasteiger partial charge in [0.05, 0.1) is 18.1 Å². The first-order valence-electron chi connectivity index (χ1n) is 6.41. The first kappa shape index (κ1) is 16.7. The second kappa shape index (κ2) is 8.05. The van der Waals surface area contributed by atoms with E-state index in [1.165, 1.54) is 25.3 Å². The molecular weight excluding hydrogens is 280 g/mol. The molecule has 1 aromatic carbocycles. The van der Waals surface area contributed by atoms with Gasteiger partial charge in [-0.15, -0.1) is 0 Å². The van der Waals surface area contributed by atoms with Gasteiger partial charge < -0.3 is 19.9 Å². The maximum atomic E-state index is 11.0. The molecule has 0 saturated carbocycles. The fraction of sp³-hybridized carbons (Fsp3) is 0.462. The molecule has 1 aromatic rings. The van der Waals surface area contributed by atoms with Crippen LogP contribution in [0.4, 0.5) is 5.69 Å². The van der Waals surface area contributed by atoms with E-state index in [9.17, 15) is 14.9 Å². The van der Waals surface area contributed by atoms with Crippen LogP contribution in [0.1, 0.15) is 13.3 Å². The highest BCUT2D eigenvalue weighted by atomic mass is 16.6. The number of rotatable bonds is 9. The van der Waals surface area contributed by atoms with Gasteiger partial charge in [0.2, 0.25) is 0 Å². The van der Waals surface area contributed by atoms with Crippen molar-refractivity contribution in [3.63, 3.8) is 0 Å². The molecule has 1 unspecified atom stereocenters. The summed E-state index contributed by atoms with van der Waals surface area (Å²) >= 11 is 0. The maximum Gasteiger partial charge on any atom is 0.324 e. The van der Waals surface area contributed by atoms with Crippen molar-refractivity contribution in [2.75, 3.05) is 20.3 Å². The first-order chi connectivity index (χ1) is 9.99. The largest absolute Gasteiger partial charge is 0.491 e. The molecule has 0 fully saturated rings. The summed E-state index contributed by atoms with van der Waals surface area (Å²) in [7, 11) is 1.33. The highest BCUT2D eigenvalue weighted by molar-refractivity contribution is 5.73. The van der Waals surface area contributed by atoms with Crippen molar-refractivity contribution < 1.29 is 24.3 Å². The van der Waals surface area contributed by atoms with E-state index in [1.54, 1.807) is 0 Å². The Kier molecular flexibility index (Phi) is 6.41. The van der Waals surface area contributed by atoms with E-state index in [1.807, 2.05) is 6.92 Å². The number of carbonyl (C=O) groups is 1. The van der Waals surface area contributed by atoms with Crippen molar-refractivity contribution in [1.82, 2.24) is 5.32 Å². The van der Waals surface area contributed by atoms with Crippen molar-refractivity contribution in [1.29, 1.82) is 0 Å². The summed E-state index contributed by atoms with van der Waals surface area (Å²) in [5.74, 6) is -0.704. The molecule has 0 aliphatic carbocycles. The number of nitrogens with one attached hydrogen (secondary N) is 1. The number of nitrogens with zero attached hydrogens (tertiary/aromatic N) is 1. The number of benzene rings is 1. The SMILES string of the molecule is CCCNC(COc1ccc(OC)c([N+](=O)[O-])c1)C(=O)O. The molecule has 116 valence electrons. The summed E-state index contributed by atoms with van der Waals surface area (Å²) in [5.41, 5.74) is -0.233. The zero-order valence-electron chi connectivity index (χ0n) is 11.9. The number of nitro groups is 1. The zero-order chi connectivity index (χ0) is 15.8. The molecule has 2 N–H and O–H groups in total. The van der Waals surface area contributed by atoms with Gasteiger partial charge in [-0.05, 0) is 25.1 Å². The van der Waals surface area contributed by atoms with E-state index < -0.39 is 16.9 Å². The predicted octanol–water partition coefficient (Wildman–Crippen LogP) is 1.43. The van der Waals surface area contributed by atoms with Crippen LogP contribution >= 0.6 is 0 Å². The standard InChI is InChI=1S/C13H18N2O6/c1-3-6-14-10(13(16)17)8-21-9-4-5-12(20-2)11(7-9)15(18)19/h4-5,7,10,14H,3,6,8H2,1-2H3,(H,16,17).